The quantitative estimate of drug-likeness (QED) is 0.773. The normalized spacial score (nSPS) is 21.6. The molecule has 29 heavy (non-hydrogen) atoms. The molecule has 4 rings (SSSR count). The van der Waals surface area contributed by atoms with Gasteiger partial charge in [-0.3, -0.25) is 9.59 Å². The Balaban J connectivity index is 1.39. The minimum atomic E-state index is 0.0436. The lowest BCUT2D eigenvalue weighted by molar-refractivity contribution is -0.133. The molecule has 2 aromatic rings. The Morgan fingerprint density at radius 3 is 2.69 bits per heavy atom. The zero-order valence-corrected chi connectivity index (χ0v) is 17.8. The summed E-state index contributed by atoms with van der Waals surface area (Å²) in [6, 6.07) is 7.88. The number of aryl methyl sites for hydroxylation is 1. The van der Waals surface area contributed by atoms with Crippen LogP contribution in [0.2, 0.25) is 0 Å². The van der Waals surface area contributed by atoms with Crippen molar-refractivity contribution in [1.29, 1.82) is 0 Å². The van der Waals surface area contributed by atoms with Crippen molar-refractivity contribution in [2.24, 2.45) is 5.92 Å². The predicted octanol–water partition coefficient (Wildman–Crippen LogP) is 3.16. The van der Waals surface area contributed by atoms with Gasteiger partial charge in [0.05, 0.1) is 18.5 Å². The summed E-state index contributed by atoms with van der Waals surface area (Å²) in [5.74, 6) is 1.35. The molecular weight excluding hydrogens is 386 g/mol. The molecule has 2 aliphatic rings. The number of piperidine rings is 2. The Hall–Kier alpha value is -2.41. The van der Waals surface area contributed by atoms with Gasteiger partial charge in [-0.1, -0.05) is 12.1 Å². The van der Waals surface area contributed by atoms with Crippen molar-refractivity contribution < 1.29 is 14.3 Å². The number of ether oxygens (including phenoxy) is 1. The number of carbonyl (C=O) groups excluding carboxylic acids is 2. The van der Waals surface area contributed by atoms with Crippen LogP contribution in [0.5, 0.6) is 5.75 Å². The number of rotatable bonds is 4. The first-order valence-electron chi connectivity index (χ1n) is 10.2. The number of fused-ring (bicyclic) bond motifs is 1. The summed E-state index contributed by atoms with van der Waals surface area (Å²) in [4.78, 5) is 34.2. The molecule has 0 radical (unpaired) electrons. The fourth-order valence-electron chi connectivity index (χ4n) is 4.52. The summed E-state index contributed by atoms with van der Waals surface area (Å²) >= 11 is 1.51. The molecule has 3 heterocycles. The molecule has 0 aliphatic carbocycles. The number of nitrogens with zero attached hydrogens (tertiary/aromatic N) is 3. The van der Waals surface area contributed by atoms with Gasteiger partial charge in [0.15, 0.2) is 0 Å². The van der Waals surface area contributed by atoms with E-state index < -0.39 is 0 Å². The van der Waals surface area contributed by atoms with E-state index in [2.05, 4.69) is 4.98 Å². The van der Waals surface area contributed by atoms with Gasteiger partial charge >= 0.3 is 0 Å². The topological polar surface area (TPSA) is 62.7 Å². The van der Waals surface area contributed by atoms with Crippen LogP contribution in [0.4, 0.5) is 0 Å². The van der Waals surface area contributed by atoms with Crippen molar-refractivity contribution in [2.75, 3.05) is 26.7 Å². The van der Waals surface area contributed by atoms with E-state index in [1.165, 1.54) is 11.3 Å². The molecule has 1 aromatic carbocycles. The molecule has 0 bridgehead atoms. The molecule has 6 nitrogen and oxygen atoms in total. The number of benzene rings is 1. The van der Waals surface area contributed by atoms with Gasteiger partial charge in [0.2, 0.25) is 5.91 Å². The second-order valence-corrected chi connectivity index (χ2v) is 8.94. The molecule has 2 amide bonds. The number of thiazole rings is 1. The SMILES string of the molecule is COc1ccc(CC(=O)N2CC[C@H]3[C@H](CCCN3C(=O)c3csc(C)n3)C2)cc1. The highest BCUT2D eigenvalue weighted by molar-refractivity contribution is 7.09. The fourth-order valence-corrected chi connectivity index (χ4v) is 5.11. The number of likely N-dealkylation sites (tertiary alicyclic amines) is 2. The van der Waals surface area contributed by atoms with E-state index in [4.69, 9.17) is 4.74 Å². The van der Waals surface area contributed by atoms with Crippen molar-refractivity contribution >= 4 is 23.2 Å². The van der Waals surface area contributed by atoms with Crippen LogP contribution in [0.3, 0.4) is 0 Å². The van der Waals surface area contributed by atoms with Crippen molar-refractivity contribution in [3.8, 4) is 5.75 Å². The van der Waals surface area contributed by atoms with Gasteiger partial charge in [-0.15, -0.1) is 11.3 Å². The lowest BCUT2D eigenvalue weighted by Crippen LogP contribution is -2.56. The lowest BCUT2D eigenvalue weighted by atomic mass is 9.83. The van der Waals surface area contributed by atoms with E-state index in [9.17, 15) is 9.59 Å². The van der Waals surface area contributed by atoms with E-state index in [1.54, 1.807) is 7.11 Å². The Labute approximate surface area is 175 Å². The van der Waals surface area contributed by atoms with Crippen LogP contribution in [0.25, 0.3) is 0 Å². The third kappa shape index (κ3) is 4.29. The van der Waals surface area contributed by atoms with Crippen LogP contribution in [0.15, 0.2) is 29.6 Å². The molecule has 2 atom stereocenters. The Bertz CT molecular complexity index is 880. The summed E-state index contributed by atoms with van der Waals surface area (Å²) in [5.41, 5.74) is 1.56. The van der Waals surface area contributed by atoms with Gasteiger partial charge in [-0.25, -0.2) is 4.98 Å². The smallest absolute Gasteiger partial charge is 0.273 e. The highest BCUT2D eigenvalue weighted by Gasteiger charge is 2.39. The molecule has 2 aliphatic heterocycles. The van der Waals surface area contributed by atoms with Gasteiger partial charge in [0, 0.05) is 31.1 Å². The Kier molecular flexibility index (Phi) is 5.85. The number of hydrogen-bond acceptors (Lipinski definition) is 5. The maximum absolute atomic E-state index is 13.0. The third-order valence-electron chi connectivity index (χ3n) is 6.03. The average Bonchev–Trinajstić information content (AvgIpc) is 3.19. The molecule has 1 aromatic heterocycles. The van der Waals surface area contributed by atoms with E-state index >= 15 is 0 Å². The second kappa shape index (κ2) is 8.53. The zero-order chi connectivity index (χ0) is 20.4. The summed E-state index contributed by atoms with van der Waals surface area (Å²) in [5, 5.41) is 2.77. The van der Waals surface area contributed by atoms with Crippen molar-refractivity contribution in [3.63, 3.8) is 0 Å². The summed E-state index contributed by atoms with van der Waals surface area (Å²) in [6.45, 7) is 4.15. The first-order chi connectivity index (χ1) is 14.0. The maximum atomic E-state index is 13.0. The monoisotopic (exact) mass is 413 g/mol. The molecule has 0 spiro atoms. The molecule has 0 N–H and O–H groups in total. The van der Waals surface area contributed by atoms with E-state index in [1.807, 2.05) is 46.4 Å². The number of methoxy groups -OCH3 is 1. The predicted molar refractivity (Wildman–Crippen MR) is 112 cm³/mol. The van der Waals surface area contributed by atoms with Gasteiger partial charge in [-0.2, -0.15) is 0 Å². The van der Waals surface area contributed by atoms with Crippen LogP contribution in [0.1, 0.15) is 40.3 Å². The number of amides is 2. The first kappa shape index (κ1) is 19.9. The van der Waals surface area contributed by atoms with Gasteiger partial charge in [-0.05, 0) is 49.8 Å². The highest BCUT2D eigenvalue weighted by Crippen LogP contribution is 2.32. The number of aromatic nitrogens is 1. The molecule has 2 fully saturated rings. The van der Waals surface area contributed by atoms with Gasteiger partial charge in [0.1, 0.15) is 11.4 Å². The second-order valence-electron chi connectivity index (χ2n) is 7.87. The largest absolute Gasteiger partial charge is 0.497 e. The van der Waals surface area contributed by atoms with E-state index in [0.717, 1.165) is 48.7 Å². The molecule has 7 heteroatoms. The summed E-state index contributed by atoms with van der Waals surface area (Å²) in [7, 11) is 1.64. The highest BCUT2D eigenvalue weighted by atomic mass is 32.1. The van der Waals surface area contributed by atoms with Gasteiger partial charge in [0.25, 0.3) is 5.91 Å². The minimum absolute atomic E-state index is 0.0436. The van der Waals surface area contributed by atoms with E-state index in [0.29, 0.717) is 24.6 Å². The molecule has 154 valence electrons. The van der Waals surface area contributed by atoms with Crippen LogP contribution < -0.4 is 4.74 Å². The van der Waals surface area contributed by atoms with Crippen LogP contribution in [-0.2, 0) is 11.2 Å². The minimum Gasteiger partial charge on any atom is -0.497 e. The lowest BCUT2D eigenvalue weighted by Gasteiger charge is -2.47. The standard InChI is InChI=1S/C22H27N3O3S/c1-15-23-19(14-29-15)22(27)25-10-3-4-17-13-24(11-9-20(17)25)21(26)12-16-5-7-18(28-2)8-6-16/h5-8,14,17,20H,3-4,9-13H2,1-2H3/t17-,20+/m1/s1. The molecule has 0 saturated carbocycles. The fraction of sp³-hybridized carbons (Fsp3) is 0.500. The van der Waals surface area contributed by atoms with Crippen molar-refractivity contribution in [2.45, 2.75) is 38.6 Å². The van der Waals surface area contributed by atoms with Crippen LogP contribution >= 0.6 is 11.3 Å². The molecular formula is C22H27N3O3S. The first-order valence-corrected chi connectivity index (χ1v) is 11.1. The molecule has 2 saturated heterocycles. The Morgan fingerprint density at radius 2 is 2.00 bits per heavy atom. The Morgan fingerprint density at radius 1 is 1.21 bits per heavy atom. The van der Waals surface area contributed by atoms with Crippen LogP contribution in [0, 0.1) is 12.8 Å². The summed E-state index contributed by atoms with van der Waals surface area (Å²) in [6.07, 6.45) is 3.30. The average molecular weight is 414 g/mol. The van der Waals surface area contributed by atoms with Gasteiger partial charge < -0.3 is 14.5 Å². The third-order valence-corrected chi connectivity index (χ3v) is 6.81. The van der Waals surface area contributed by atoms with Crippen LogP contribution in [-0.4, -0.2) is 59.4 Å². The summed E-state index contributed by atoms with van der Waals surface area (Å²) < 4.78 is 5.18. The maximum Gasteiger partial charge on any atom is 0.273 e. The number of carbonyl (C=O) groups is 2. The molecule has 0 unspecified atom stereocenters. The van der Waals surface area contributed by atoms with Crippen molar-refractivity contribution in [1.82, 2.24) is 14.8 Å². The zero-order valence-electron chi connectivity index (χ0n) is 17.0. The number of hydrogen-bond donors (Lipinski definition) is 0. The van der Waals surface area contributed by atoms with Crippen molar-refractivity contribution in [3.05, 3.63) is 45.9 Å². The van der Waals surface area contributed by atoms with E-state index in [-0.39, 0.29) is 17.9 Å².